The monoisotopic (exact) mass is 467 g/mol. The van der Waals surface area contributed by atoms with Gasteiger partial charge in [-0.1, -0.05) is 12.1 Å². The number of imide groups is 1. The largest absolute Gasteiger partial charge is 0.480 e. The molecule has 0 aliphatic heterocycles. The second kappa shape index (κ2) is 12.2. The molecule has 0 saturated carbocycles. The van der Waals surface area contributed by atoms with Gasteiger partial charge in [0.1, 0.15) is 17.2 Å². The van der Waals surface area contributed by atoms with Gasteiger partial charge in [0, 0.05) is 31.7 Å². The van der Waals surface area contributed by atoms with Crippen LogP contribution in [0.15, 0.2) is 60.9 Å². The molecule has 1 atom stereocenters. The van der Waals surface area contributed by atoms with Crippen LogP contribution in [0.25, 0.3) is 11.1 Å². The lowest BCUT2D eigenvalue weighted by Crippen LogP contribution is -2.42. The standard InChI is InChI=1S/C24H25N3O7/c1-3-31-13-12-22(23(29)27-24(30)32-16(2)28)34-21-10-8-20(9-11-21)33-19-6-4-17(5-7-19)18-14-25-26-15-18/h4-11,14-15,22H,3,12-13H2,1-2H3,(H,25,26)(H,27,29,30). The van der Waals surface area contributed by atoms with E-state index in [9.17, 15) is 14.4 Å². The van der Waals surface area contributed by atoms with E-state index in [-0.39, 0.29) is 13.0 Å². The molecular formula is C24H25N3O7. The summed E-state index contributed by atoms with van der Waals surface area (Å²) in [6, 6.07) is 14.2. The molecule has 0 aliphatic carbocycles. The molecule has 0 bridgehead atoms. The molecule has 0 radical (unpaired) electrons. The van der Waals surface area contributed by atoms with Crippen LogP contribution in [0.4, 0.5) is 4.79 Å². The predicted octanol–water partition coefficient (Wildman–Crippen LogP) is 3.84. The number of amides is 2. The highest BCUT2D eigenvalue weighted by molar-refractivity contribution is 5.97. The Labute approximate surface area is 196 Å². The van der Waals surface area contributed by atoms with Crippen molar-refractivity contribution in [2.75, 3.05) is 13.2 Å². The molecule has 0 saturated heterocycles. The summed E-state index contributed by atoms with van der Waals surface area (Å²) in [5.74, 6) is 0.0367. The number of aromatic amines is 1. The smallest absolute Gasteiger partial charge is 0.421 e. The van der Waals surface area contributed by atoms with Crippen molar-refractivity contribution < 1.29 is 33.3 Å². The van der Waals surface area contributed by atoms with Crippen molar-refractivity contribution in [3.05, 3.63) is 60.9 Å². The van der Waals surface area contributed by atoms with Crippen LogP contribution in [0.1, 0.15) is 20.3 Å². The summed E-state index contributed by atoms with van der Waals surface area (Å²) in [6.45, 7) is 3.59. The molecule has 0 aliphatic rings. The molecule has 10 nitrogen and oxygen atoms in total. The normalized spacial score (nSPS) is 11.4. The molecule has 10 heteroatoms. The number of rotatable bonds is 10. The molecule has 0 spiro atoms. The maximum atomic E-state index is 12.4. The number of esters is 1. The first kappa shape index (κ1) is 24.5. The molecule has 1 heterocycles. The van der Waals surface area contributed by atoms with E-state index in [0.29, 0.717) is 23.9 Å². The fourth-order valence-electron chi connectivity index (χ4n) is 2.93. The number of ether oxygens (including phenoxy) is 4. The molecule has 178 valence electrons. The Hall–Kier alpha value is -4.18. The Morgan fingerprint density at radius 2 is 1.62 bits per heavy atom. The maximum absolute atomic E-state index is 12.4. The zero-order valence-electron chi connectivity index (χ0n) is 18.8. The minimum Gasteiger partial charge on any atom is -0.480 e. The molecule has 1 aromatic heterocycles. The van der Waals surface area contributed by atoms with Crippen molar-refractivity contribution in [2.24, 2.45) is 0 Å². The molecule has 1 unspecified atom stereocenters. The summed E-state index contributed by atoms with van der Waals surface area (Å²) in [7, 11) is 0. The Bertz CT molecular complexity index is 1080. The van der Waals surface area contributed by atoms with Gasteiger partial charge in [-0.05, 0) is 48.9 Å². The SMILES string of the molecule is CCOCCC(Oc1ccc(Oc2ccc(-c3cn[nH]c3)cc2)cc1)C(=O)NC(=O)OC(C)=O. The van der Waals surface area contributed by atoms with Crippen LogP contribution < -0.4 is 14.8 Å². The molecular weight excluding hydrogens is 442 g/mol. The van der Waals surface area contributed by atoms with E-state index in [1.54, 1.807) is 30.5 Å². The number of carbonyl (C=O) groups excluding carboxylic acids is 3. The van der Waals surface area contributed by atoms with Crippen LogP contribution >= 0.6 is 0 Å². The molecule has 3 rings (SSSR count). The number of nitrogens with one attached hydrogen (secondary N) is 2. The number of benzene rings is 2. The van der Waals surface area contributed by atoms with E-state index >= 15 is 0 Å². The second-order valence-corrected chi connectivity index (χ2v) is 7.05. The molecule has 2 N–H and O–H groups in total. The first-order chi connectivity index (χ1) is 16.4. The Morgan fingerprint density at radius 1 is 0.971 bits per heavy atom. The van der Waals surface area contributed by atoms with Crippen molar-refractivity contribution in [2.45, 2.75) is 26.4 Å². The summed E-state index contributed by atoms with van der Waals surface area (Å²) < 4.78 is 21.2. The van der Waals surface area contributed by atoms with Gasteiger partial charge in [0.05, 0.1) is 12.8 Å². The number of aromatic nitrogens is 2. The lowest BCUT2D eigenvalue weighted by Gasteiger charge is -2.18. The zero-order valence-corrected chi connectivity index (χ0v) is 18.8. The number of hydrogen-bond acceptors (Lipinski definition) is 8. The van der Waals surface area contributed by atoms with Gasteiger partial charge in [0.2, 0.25) is 0 Å². The number of nitrogens with zero attached hydrogens (tertiary/aromatic N) is 1. The summed E-state index contributed by atoms with van der Waals surface area (Å²) in [6.07, 6.45) is 1.54. The Morgan fingerprint density at radius 3 is 2.21 bits per heavy atom. The quantitative estimate of drug-likeness (QED) is 0.261. The van der Waals surface area contributed by atoms with Crippen molar-refractivity contribution in [3.63, 3.8) is 0 Å². The minimum absolute atomic E-state index is 0.189. The Balaban J connectivity index is 1.60. The summed E-state index contributed by atoms with van der Waals surface area (Å²) >= 11 is 0. The second-order valence-electron chi connectivity index (χ2n) is 7.05. The average Bonchev–Trinajstić information content (AvgIpc) is 3.34. The predicted molar refractivity (Wildman–Crippen MR) is 121 cm³/mol. The van der Waals surface area contributed by atoms with Crippen LogP contribution in [-0.4, -0.2) is 47.5 Å². The van der Waals surface area contributed by atoms with Gasteiger partial charge in [-0.25, -0.2) is 4.79 Å². The van der Waals surface area contributed by atoms with Crippen LogP contribution in [-0.2, 0) is 19.1 Å². The van der Waals surface area contributed by atoms with Crippen molar-refractivity contribution in [3.8, 4) is 28.4 Å². The van der Waals surface area contributed by atoms with Gasteiger partial charge in [0.25, 0.3) is 5.91 Å². The van der Waals surface area contributed by atoms with Crippen molar-refractivity contribution >= 4 is 18.0 Å². The van der Waals surface area contributed by atoms with E-state index in [2.05, 4.69) is 14.9 Å². The topological polar surface area (TPSA) is 129 Å². The summed E-state index contributed by atoms with van der Waals surface area (Å²) in [5, 5.41) is 8.70. The van der Waals surface area contributed by atoms with E-state index < -0.39 is 24.1 Å². The van der Waals surface area contributed by atoms with Gasteiger partial charge < -0.3 is 18.9 Å². The highest BCUT2D eigenvalue weighted by Crippen LogP contribution is 2.27. The zero-order chi connectivity index (χ0) is 24.3. The number of hydrogen-bond donors (Lipinski definition) is 2. The first-order valence-corrected chi connectivity index (χ1v) is 10.6. The third kappa shape index (κ3) is 7.45. The van der Waals surface area contributed by atoms with E-state index in [1.807, 2.05) is 42.7 Å². The molecule has 34 heavy (non-hydrogen) atoms. The third-order valence-electron chi connectivity index (χ3n) is 4.51. The molecule has 2 aromatic carbocycles. The first-order valence-electron chi connectivity index (χ1n) is 10.6. The highest BCUT2D eigenvalue weighted by atomic mass is 16.6. The summed E-state index contributed by atoms with van der Waals surface area (Å²) in [5.41, 5.74) is 1.99. The molecule has 3 aromatic rings. The van der Waals surface area contributed by atoms with E-state index in [1.165, 1.54) is 0 Å². The summed E-state index contributed by atoms with van der Waals surface area (Å²) in [4.78, 5) is 34.9. The van der Waals surface area contributed by atoms with Crippen LogP contribution in [0.3, 0.4) is 0 Å². The van der Waals surface area contributed by atoms with Gasteiger partial charge >= 0.3 is 12.1 Å². The highest BCUT2D eigenvalue weighted by Gasteiger charge is 2.23. The van der Waals surface area contributed by atoms with Crippen LogP contribution in [0.2, 0.25) is 0 Å². The fraction of sp³-hybridized carbons (Fsp3) is 0.250. The van der Waals surface area contributed by atoms with Crippen LogP contribution in [0, 0.1) is 0 Å². The number of alkyl carbamates (subject to hydrolysis) is 1. The fourth-order valence-corrected chi connectivity index (χ4v) is 2.93. The lowest BCUT2D eigenvalue weighted by atomic mass is 10.1. The van der Waals surface area contributed by atoms with E-state index in [0.717, 1.165) is 18.1 Å². The minimum atomic E-state index is -1.16. The van der Waals surface area contributed by atoms with Gasteiger partial charge in [-0.3, -0.25) is 20.0 Å². The van der Waals surface area contributed by atoms with Crippen molar-refractivity contribution in [1.29, 1.82) is 0 Å². The van der Waals surface area contributed by atoms with Crippen LogP contribution in [0.5, 0.6) is 17.2 Å². The van der Waals surface area contributed by atoms with Gasteiger partial charge in [-0.15, -0.1) is 0 Å². The van der Waals surface area contributed by atoms with Crippen molar-refractivity contribution in [1.82, 2.24) is 15.5 Å². The van der Waals surface area contributed by atoms with Gasteiger partial charge in [0.15, 0.2) is 6.10 Å². The molecule has 0 fully saturated rings. The number of carbonyl (C=O) groups is 3. The number of H-pyrrole nitrogens is 1. The average molecular weight is 467 g/mol. The Kier molecular flexibility index (Phi) is 8.75. The third-order valence-corrected chi connectivity index (χ3v) is 4.51. The maximum Gasteiger partial charge on any atom is 0.421 e. The van der Waals surface area contributed by atoms with Gasteiger partial charge in [-0.2, -0.15) is 5.10 Å². The lowest BCUT2D eigenvalue weighted by molar-refractivity contribution is -0.135. The molecule has 2 amide bonds. The van der Waals surface area contributed by atoms with E-state index in [4.69, 9.17) is 14.2 Å².